The van der Waals surface area contributed by atoms with Gasteiger partial charge in [0.25, 0.3) is 0 Å². The van der Waals surface area contributed by atoms with Gasteiger partial charge in [-0.2, -0.15) is 0 Å². The van der Waals surface area contributed by atoms with Crippen molar-refractivity contribution in [3.63, 3.8) is 0 Å². The minimum absolute atomic E-state index is 0.0213. The molecule has 5 atom stereocenters. The molecule has 3 rings (SSSR count). The zero-order chi connectivity index (χ0) is 40.8. The average Bonchev–Trinajstić information content (AvgIpc) is 3.15. The monoisotopic (exact) mass is 761 g/mol. The summed E-state index contributed by atoms with van der Waals surface area (Å²) in [5, 5.41) is 23.1. The fourth-order valence-corrected chi connectivity index (χ4v) is 6.00. The topological polar surface area (TPSA) is 194 Å². The second-order valence-corrected chi connectivity index (χ2v) is 15.2. The third kappa shape index (κ3) is 14.0. The van der Waals surface area contributed by atoms with E-state index in [2.05, 4.69) is 26.3 Å². The smallest absolute Gasteiger partial charge is 0.407 e. The molecule has 1 aromatic heterocycles. The quantitative estimate of drug-likeness (QED) is 0.0976. The number of ether oxygens (including phenoxy) is 3. The molecule has 0 radical (unpaired) electrons. The van der Waals surface area contributed by atoms with Crippen molar-refractivity contribution in [1.29, 1.82) is 0 Å². The minimum atomic E-state index is -1.24. The van der Waals surface area contributed by atoms with E-state index in [1.54, 1.807) is 40.8 Å². The van der Waals surface area contributed by atoms with E-state index < -0.39 is 71.1 Å². The molecule has 0 spiro atoms. The summed E-state index contributed by atoms with van der Waals surface area (Å²) >= 11 is 0. The summed E-state index contributed by atoms with van der Waals surface area (Å²) in [5.74, 6) is -1.70. The molecule has 0 saturated carbocycles. The molecule has 0 fully saturated rings. The number of carbonyl (C=O) groups is 5. The standard InChI is InChI=1S/C41H55N5O9/c1-26(47)55-25-41(5,6)35(46-39(52)54-8)37(50)44-32(23-27-14-10-9-11-15-27)33(48)24-30(43-36(49)34(40(2,3)4)45-38(51)53-7)22-28-17-19-29(20-18-28)31-16-12-13-21-42-31/h9-21,30,32-35,48H,22-25H2,1-8H3,(H,43,49)(H,44,50)(H,45,51)(H,46,52)/t30-,32-,33-,34+,35+/m0/s1. The Labute approximate surface area is 323 Å². The Morgan fingerprint density at radius 1 is 0.709 bits per heavy atom. The predicted molar refractivity (Wildman–Crippen MR) is 207 cm³/mol. The van der Waals surface area contributed by atoms with E-state index in [0.717, 1.165) is 29.5 Å². The number of aliphatic hydroxyl groups excluding tert-OH is 1. The predicted octanol–water partition coefficient (Wildman–Crippen LogP) is 4.34. The Hall–Kier alpha value is -5.50. The van der Waals surface area contributed by atoms with Crippen molar-refractivity contribution in [3.05, 3.63) is 90.1 Å². The van der Waals surface area contributed by atoms with Gasteiger partial charge in [0.15, 0.2) is 0 Å². The van der Waals surface area contributed by atoms with E-state index in [-0.39, 0.29) is 25.9 Å². The van der Waals surface area contributed by atoms with Crippen molar-refractivity contribution in [1.82, 2.24) is 26.3 Å². The van der Waals surface area contributed by atoms with Crippen LogP contribution < -0.4 is 21.3 Å². The number of methoxy groups -OCH3 is 2. The molecule has 14 heteroatoms. The molecule has 0 aliphatic carbocycles. The molecular formula is C41H55N5O9. The lowest BCUT2D eigenvalue weighted by atomic mass is 9.84. The second kappa shape index (κ2) is 20.3. The number of nitrogens with one attached hydrogen (secondary N) is 4. The molecule has 5 N–H and O–H groups in total. The lowest BCUT2D eigenvalue weighted by Crippen LogP contribution is -2.60. The molecular weight excluding hydrogens is 706 g/mol. The van der Waals surface area contributed by atoms with Crippen molar-refractivity contribution in [2.24, 2.45) is 10.8 Å². The van der Waals surface area contributed by atoms with Gasteiger partial charge in [-0.25, -0.2) is 9.59 Å². The van der Waals surface area contributed by atoms with Crippen LogP contribution >= 0.6 is 0 Å². The molecule has 55 heavy (non-hydrogen) atoms. The lowest BCUT2D eigenvalue weighted by Gasteiger charge is -2.35. The first-order chi connectivity index (χ1) is 25.9. The van der Waals surface area contributed by atoms with Crippen LogP contribution in [-0.2, 0) is 41.4 Å². The molecule has 298 valence electrons. The van der Waals surface area contributed by atoms with Gasteiger partial charge >= 0.3 is 18.2 Å². The van der Waals surface area contributed by atoms with Crippen molar-refractivity contribution < 1.29 is 43.3 Å². The fourth-order valence-electron chi connectivity index (χ4n) is 6.00. The van der Waals surface area contributed by atoms with Crippen LogP contribution in [0.3, 0.4) is 0 Å². The number of esters is 1. The van der Waals surface area contributed by atoms with Crippen LogP contribution in [0, 0.1) is 10.8 Å². The lowest BCUT2D eigenvalue weighted by molar-refractivity contribution is -0.146. The zero-order valence-electron chi connectivity index (χ0n) is 32.9. The summed E-state index contributed by atoms with van der Waals surface area (Å²) in [6.07, 6.45) is -0.711. The second-order valence-electron chi connectivity index (χ2n) is 15.2. The van der Waals surface area contributed by atoms with E-state index in [9.17, 15) is 29.1 Å². The first-order valence-electron chi connectivity index (χ1n) is 18.1. The summed E-state index contributed by atoms with van der Waals surface area (Å²) in [6, 6.07) is 18.7. The largest absolute Gasteiger partial charge is 0.465 e. The third-order valence-corrected chi connectivity index (χ3v) is 9.07. The van der Waals surface area contributed by atoms with E-state index in [4.69, 9.17) is 14.2 Å². The third-order valence-electron chi connectivity index (χ3n) is 9.07. The number of aromatic nitrogens is 1. The number of amides is 4. The van der Waals surface area contributed by atoms with Crippen molar-refractivity contribution >= 4 is 30.0 Å². The van der Waals surface area contributed by atoms with Crippen LogP contribution in [0.5, 0.6) is 0 Å². The molecule has 3 aromatic rings. The van der Waals surface area contributed by atoms with Crippen LogP contribution in [0.2, 0.25) is 0 Å². The summed E-state index contributed by atoms with van der Waals surface area (Å²) in [6.45, 7) is 9.76. The molecule has 1 heterocycles. The number of hydrogen-bond acceptors (Lipinski definition) is 10. The number of rotatable bonds is 17. The average molecular weight is 762 g/mol. The van der Waals surface area contributed by atoms with Crippen LogP contribution in [0.25, 0.3) is 11.3 Å². The normalized spacial score (nSPS) is 14.2. The Bertz CT molecular complexity index is 1710. The van der Waals surface area contributed by atoms with Crippen LogP contribution in [0.4, 0.5) is 9.59 Å². The van der Waals surface area contributed by atoms with Gasteiger partial charge in [-0.1, -0.05) is 95.3 Å². The number of alkyl carbamates (subject to hydrolysis) is 2. The maximum Gasteiger partial charge on any atom is 0.407 e. The van der Waals surface area contributed by atoms with Gasteiger partial charge in [0.05, 0.1) is 38.7 Å². The van der Waals surface area contributed by atoms with Crippen molar-refractivity contribution in [2.75, 3.05) is 20.8 Å². The number of pyridine rings is 1. The number of benzene rings is 2. The van der Waals surface area contributed by atoms with Crippen LogP contribution in [-0.4, -0.2) is 91.2 Å². The molecule has 14 nitrogen and oxygen atoms in total. The summed E-state index contributed by atoms with van der Waals surface area (Å²) in [5.41, 5.74) is 1.55. The highest BCUT2D eigenvalue weighted by molar-refractivity contribution is 5.87. The SMILES string of the molecule is COC(=O)N[C@H](C(=O)N[C@@H](Cc1ccc(-c2ccccn2)cc1)C[C@H](O)[C@H](Cc1ccccc1)NC(=O)[C@@H](NC(=O)OC)C(C)(C)COC(C)=O)C(C)(C)C. The first kappa shape index (κ1) is 43.9. The summed E-state index contributed by atoms with van der Waals surface area (Å²) in [7, 11) is 2.38. The van der Waals surface area contributed by atoms with Gasteiger partial charge in [0.1, 0.15) is 12.1 Å². The number of aliphatic hydroxyl groups is 1. The van der Waals surface area contributed by atoms with Crippen molar-refractivity contribution in [3.8, 4) is 11.3 Å². The molecule has 0 unspecified atom stereocenters. The molecule has 2 aromatic carbocycles. The Balaban J connectivity index is 1.99. The molecule has 4 amide bonds. The number of hydrogen-bond donors (Lipinski definition) is 5. The maximum atomic E-state index is 14.1. The molecule has 0 saturated heterocycles. The Morgan fingerprint density at radius 2 is 1.27 bits per heavy atom. The van der Waals surface area contributed by atoms with Gasteiger partial charge < -0.3 is 40.6 Å². The number of nitrogens with zero attached hydrogens (tertiary/aromatic N) is 1. The van der Waals surface area contributed by atoms with E-state index in [1.165, 1.54) is 14.0 Å². The zero-order valence-corrected chi connectivity index (χ0v) is 32.9. The minimum Gasteiger partial charge on any atom is -0.465 e. The van der Waals surface area contributed by atoms with Gasteiger partial charge in [0.2, 0.25) is 11.8 Å². The van der Waals surface area contributed by atoms with Gasteiger partial charge in [0, 0.05) is 30.1 Å². The molecule has 0 bridgehead atoms. The fraction of sp³-hybridized carbons (Fsp3) is 0.463. The summed E-state index contributed by atoms with van der Waals surface area (Å²) in [4.78, 5) is 68.7. The first-order valence-corrected chi connectivity index (χ1v) is 18.1. The number of carbonyl (C=O) groups excluding carboxylic acids is 5. The van der Waals surface area contributed by atoms with E-state index >= 15 is 0 Å². The highest BCUT2D eigenvalue weighted by Crippen LogP contribution is 2.25. The van der Waals surface area contributed by atoms with Crippen molar-refractivity contribution in [2.45, 2.75) is 91.1 Å². The maximum absolute atomic E-state index is 14.1. The Kier molecular flexibility index (Phi) is 16.2. The molecule has 0 aliphatic rings. The Morgan fingerprint density at radius 3 is 1.82 bits per heavy atom. The van der Waals surface area contributed by atoms with Gasteiger partial charge in [-0.15, -0.1) is 0 Å². The molecule has 0 aliphatic heterocycles. The van der Waals surface area contributed by atoms with E-state index in [1.807, 2.05) is 72.8 Å². The van der Waals surface area contributed by atoms with Crippen LogP contribution in [0.15, 0.2) is 79.0 Å². The summed E-state index contributed by atoms with van der Waals surface area (Å²) < 4.78 is 14.8. The highest BCUT2D eigenvalue weighted by atomic mass is 16.5. The van der Waals surface area contributed by atoms with E-state index in [0.29, 0.717) is 0 Å². The van der Waals surface area contributed by atoms with Crippen LogP contribution in [0.1, 0.15) is 59.1 Å². The highest BCUT2D eigenvalue weighted by Gasteiger charge is 2.40. The van der Waals surface area contributed by atoms with Gasteiger partial charge in [-0.05, 0) is 47.9 Å². The van der Waals surface area contributed by atoms with Gasteiger partial charge in [-0.3, -0.25) is 19.4 Å².